The van der Waals surface area contributed by atoms with Gasteiger partial charge in [-0.05, 0) is 62.1 Å². The van der Waals surface area contributed by atoms with Crippen LogP contribution in [0.5, 0.6) is 5.75 Å². The number of carbonyl (C=O) groups is 1. The van der Waals surface area contributed by atoms with Crippen LogP contribution in [-0.2, 0) is 0 Å². The minimum atomic E-state index is -0.199. The van der Waals surface area contributed by atoms with Crippen molar-refractivity contribution in [1.29, 1.82) is 0 Å². The predicted octanol–water partition coefficient (Wildman–Crippen LogP) is 2.75. The highest BCUT2D eigenvalue weighted by Crippen LogP contribution is 2.41. The number of hydrogen-bond acceptors (Lipinski definition) is 3. The van der Waals surface area contributed by atoms with Gasteiger partial charge < -0.3 is 20.5 Å². The van der Waals surface area contributed by atoms with Crippen LogP contribution in [0.15, 0.2) is 24.3 Å². The van der Waals surface area contributed by atoms with Crippen molar-refractivity contribution < 1.29 is 14.6 Å². The van der Waals surface area contributed by atoms with Gasteiger partial charge >= 0.3 is 6.03 Å². The first kappa shape index (κ1) is 16.1. The Balaban J connectivity index is 1.57. The third-order valence-corrected chi connectivity index (χ3v) is 4.89. The lowest BCUT2D eigenvalue weighted by molar-refractivity contribution is 0.117. The summed E-state index contributed by atoms with van der Waals surface area (Å²) in [5.74, 6) is 1.36. The van der Waals surface area contributed by atoms with Crippen LogP contribution in [0.4, 0.5) is 4.79 Å². The first-order valence-corrected chi connectivity index (χ1v) is 8.54. The normalized spacial score (nSPS) is 25.5. The average molecular weight is 318 g/mol. The summed E-state index contributed by atoms with van der Waals surface area (Å²) in [6, 6.07) is 8.07. The SMILES string of the molecule is COc1ccc(C(NC(=O)NC2CCC(O)CC2)C2CC2)cc1. The fourth-order valence-electron chi connectivity index (χ4n) is 3.30. The minimum Gasteiger partial charge on any atom is -0.497 e. The summed E-state index contributed by atoms with van der Waals surface area (Å²) in [7, 11) is 1.65. The Morgan fingerprint density at radius 2 is 1.78 bits per heavy atom. The Morgan fingerprint density at radius 1 is 1.13 bits per heavy atom. The van der Waals surface area contributed by atoms with Crippen LogP contribution in [0.2, 0.25) is 0 Å². The third kappa shape index (κ3) is 4.38. The van der Waals surface area contributed by atoms with Gasteiger partial charge in [0, 0.05) is 6.04 Å². The second-order valence-corrected chi connectivity index (χ2v) is 6.71. The van der Waals surface area contributed by atoms with Gasteiger partial charge in [0.2, 0.25) is 0 Å². The van der Waals surface area contributed by atoms with Gasteiger partial charge in [-0.3, -0.25) is 0 Å². The van der Waals surface area contributed by atoms with Crippen LogP contribution in [-0.4, -0.2) is 30.4 Å². The van der Waals surface area contributed by atoms with Gasteiger partial charge in [-0.1, -0.05) is 12.1 Å². The van der Waals surface area contributed by atoms with Crippen LogP contribution >= 0.6 is 0 Å². The van der Waals surface area contributed by atoms with E-state index >= 15 is 0 Å². The lowest BCUT2D eigenvalue weighted by Crippen LogP contribution is -2.45. The monoisotopic (exact) mass is 318 g/mol. The van der Waals surface area contributed by atoms with Crippen LogP contribution in [0.1, 0.15) is 50.1 Å². The molecule has 5 heteroatoms. The van der Waals surface area contributed by atoms with Gasteiger partial charge in [0.05, 0.1) is 19.3 Å². The van der Waals surface area contributed by atoms with Crippen molar-refractivity contribution in [2.24, 2.45) is 5.92 Å². The molecule has 0 bridgehead atoms. The van der Waals surface area contributed by atoms with E-state index in [1.807, 2.05) is 24.3 Å². The van der Waals surface area contributed by atoms with E-state index in [2.05, 4.69) is 10.6 Å². The van der Waals surface area contributed by atoms with Crippen molar-refractivity contribution in [3.05, 3.63) is 29.8 Å². The van der Waals surface area contributed by atoms with Crippen LogP contribution in [0.25, 0.3) is 0 Å². The number of rotatable bonds is 5. The third-order valence-electron chi connectivity index (χ3n) is 4.89. The summed E-state index contributed by atoms with van der Waals surface area (Å²) in [5.41, 5.74) is 1.13. The fourth-order valence-corrected chi connectivity index (χ4v) is 3.30. The standard InChI is InChI=1S/C18H26N2O3/c1-23-16-10-4-13(5-11-16)17(12-2-3-12)20-18(22)19-14-6-8-15(21)9-7-14/h4-5,10-12,14-15,17,21H,2-3,6-9H2,1H3,(H2,19,20,22). The highest BCUT2D eigenvalue weighted by atomic mass is 16.5. The van der Waals surface area contributed by atoms with Crippen molar-refractivity contribution in [1.82, 2.24) is 10.6 Å². The first-order valence-electron chi connectivity index (χ1n) is 8.54. The maximum atomic E-state index is 12.3. The molecule has 1 aromatic rings. The number of benzene rings is 1. The number of amides is 2. The number of carbonyl (C=O) groups excluding carboxylic acids is 1. The second-order valence-electron chi connectivity index (χ2n) is 6.71. The Labute approximate surface area is 137 Å². The van der Waals surface area contributed by atoms with Crippen molar-refractivity contribution >= 4 is 6.03 Å². The number of nitrogens with one attached hydrogen (secondary N) is 2. The fraction of sp³-hybridized carbons (Fsp3) is 0.611. The maximum absolute atomic E-state index is 12.3. The maximum Gasteiger partial charge on any atom is 0.315 e. The number of aliphatic hydroxyl groups is 1. The molecule has 2 aliphatic carbocycles. The van der Waals surface area contributed by atoms with Gasteiger partial charge in [-0.2, -0.15) is 0 Å². The number of hydrogen-bond donors (Lipinski definition) is 3. The van der Waals surface area contributed by atoms with E-state index < -0.39 is 0 Å². The lowest BCUT2D eigenvalue weighted by Gasteiger charge is -2.27. The molecular formula is C18H26N2O3. The summed E-state index contributed by atoms with van der Waals surface area (Å²) >= 11 is 0. The molecular weight excluding hydrogens is 292 g/mol. The van der Waals surface area contributed by atoms with E-state index in [0.717, 1.165) is 49.8 Å². The Hall–Kier alpha value is -1.75. The topological polar surface area (TPSA) is 70.6 Å². The zero-order valence-corrected chi connectivity index (χ0v) is 13.6. The Kier molecular flexibility index (Phi) is 5.06. The molecule has 2 fully saturated rings. The zero-order valence-electron chi connectivity index (χ0n) is 13.6. The molecule has 2 aliphatic rings. The van der Waals surface area contributed by atoms with E-state index in [9.17, 15) is 9.90 Å². The molecule has 5 nitrogen and oxygen atoms in total. The molecule has 0 aromatic heterocycles. The predicted molar refractivity (Wildman–Crippen MR) is 88.4 cm³/mol. The summed E-state index contributed by atoms with van der Waals surface area (Å²) in [4.78, 5) is 12.3. The lowest BCUT2D eigenvalue weighted by atomic mass is 9.93. The van der Waals surface area contributed by atoms with Gasteiger partial charge in [-0.15, -0.1) is 0 Å². The number of aliphatic hydroxyl groups excluding tert-OH is 1. The van der Waals surface area contributed by atoms with E-state index in [1.165, 1.54) is 0 Å². The molecule has 3 rings (SSSR count). The number of ether oxygens (including phenoxy) is 1. The molecule has 2 saturated carbocycles. The van der Waals surface area contributed by atoms with Gasteiger partial charge in [0.15, 0.2) is 0 Å². The molecule has 0 spiro atoms. The van der Waals surface area contributed by atoms with Gasteiger partial charge in [-0.25, -0.2) is 4.79 Å². The molecule has 0 heterocycles. The second kappa shape index (κ2) is 7.21. The quantitative estimate of drug-likeness (QED) is 0.782. The van der Waals surface area contributed by atoms with Crippen LogP contribution < -0.4 is 15.4 Å². The van der Waals surface area contributed by atoms with Crippen molar-refractivity contribution in [2.75, 3.05) is 7.11 Å². The highest BCUT2D eigenvalue weighted by Gasteiger charge is 2.34. The smallest absolute Gasteiger partial charge is 0.315 e. The molecule has 1 atom stereocenters. The summed E-state index contributed by atoms with van der Waals surface area (Å²) < 4.78 is 5.20. The van der Waals surface area contributed by atoms with Gasteiger partial charge in [0.25, 0.3) is 0 Å². The molecule has 3 N–H and O–H groups in total. The van der Waals surface area contributed by atoms with Crippen LogP contribution in [0.3, 0.4) is 0 Å². The molecule has 1 aromatic carbocycles. The molecule has 126 valence electrons. The van der Waals surface area contributed by atoms with Crippen molar-refractivity contribution in [2.45, 2.75) is 56.7 Å². The van der Waals surface area contributed by atoms with Crippen molar-refractivity contribution in [3.63, 3.8) is 0 Å². The molecule has 1 unspecified atom stereocenters. The van der Waals surface area contributed by atoms with Crippen molar-refractivity contribution in [3.8, 4) is 5.75 Å². The minimum absolute atomic E-state index is 0.0649. The zero-order chi connectivity index (χ0) is 16.2. The molecule has 23 heavy (non-hydrogen) atoms. The molecule has 0 aliphatic heterocycles. The Morgan fingerprint density at radius 3 is 2.35 bits per heavy atom. The average Bonchev–Trinajstić information content (AvgIpc) is 3.40. The summed E-state index contributed by atoms with van der Waals surface area (Å²) in [6.07, 6.45) is 5.37. The molecule has 2 amide bonds. The first-order chi connectivity index (χ1) is 11.2. The van der Waals surface area contributed by atoms with E-state index in [0.29, 0.717) is 5.92 Å². The number of urea groups is 1. The van der Waals surface area contributed by atoms with Gasteiger partial charge in [0.1, 0.15) is 5.75 Å². The van der Waals surface area contributed by atoms with Crippen LogP contribution in [0, 0.1) is 5.92 Å². The Bertz CT molecular complexity index is 520. The van der Waals surface area contributed by atoms with E-state index in [1.54, 1.807) is 7.11 Å². The molecule has 0 saturated heterocycles. The molecule has 0 radical (unpaired) electrons. The summed E-state index contributed by atoms with van der Waals surface area (Å²) in [6.45, 7) is 0. The van der Waals surface area contributed by atoms with E-state index in [-0.39, 0.29) is 24.2 Å². The number of methoxy groups -OCH3 is 1. The summed E-state index contributed by atoms with van der Waals surface area (Å²) in [5, 5.41) is 15.7. The highest BCUT2D eigenvalue weighted by molar-refractivity contribution is 5.75. The van der Waals surface area contributed by atoms with E-state index in [4.69, 9.17) is 4.74 Å². The largest absolute Gasteiger partial charge is 0.497 e.